The zero-order valence-corrected chi connectivity index (χ0v) is 15.1. The fourth-order valence-electron chi connectivity index (χ4n) is 2.05. The van der Waals surface area contributed by atoms with Crippen LogP contribution in [-0.2, 0) is 13.5 Å². The number of hydrogen-bond donors (Lipinski definition) is 2. The van der Waals surface area contributed by atoms with E-state index in [1.54, 1.807) is 11.8 Å². The summed E-state index contributed by atoms with van der Waals surface area (Å²) in [6.45, 7) is 1.99. The molecule has 2 rings (SSSR count). The van der Waals surface area contributed by atoms with Gasteiger partial charge in [-0.25, -0.2) is 0 Å². The highest BCUT2D eigenvalue weighted by Gasteiger charge is 2.16. The Morgan fingerprint density at radius 3 is 2.86 bits per heavy atom. The number of benzene rings is 1. The SMILES string of the molecule is Cc1nn(C)c(CC(CSc2cccc(Cl)c2)NN)c1Br. The van der Waals surface area contributed by atoms with Crippen LogP contribution in [0.15, 0.2) is 33.6 Å². The molecule has 1 atom stereocenters. The summed E-state index contributed by atoms with van der Waals surface area (Å²) >= 11 is 11.3. The minimum atomic E-state index is 0.153. The van der Waals surface area contributed by atoms with Crippen molar-refractivity contribution in [1.29, 1.82) is 0 Å². The van der Waals surface area contributed by atoms with E-state index in [2.05, 4.69) is 26.5 Å². The number of aryl methyl sites for hydroxylation is 2. The van der Waals surface area contributed by atoms with Crippen molar-refractivity contribution in [3.63, 3.8) is 0 Å². The first-order valence-corrected chi connectivity index (χ1v) is 8.69. The van der Waals surface area contributed by atoms with E-state index in [1.165, 1.54) is 0 Å². The molecular formula is C14H18BrClN4S. The Bertz CT molecular complexity index is 617. The van der Waals surface area contributed by atoms with Crippen molar-refractivity contribution in [1.82, 2.24) is 15.2 Å². The van der Waals surface area contributed by atoms with Gasteiger partial charge in [-0.3, -0.25) is 16.0 Å². The molecule has 4 nitrogen and oxygen atoms in total. The van der Waals surface area contributed by atoms with Crippen molar-refractivity contribution in [2.45, 2.75) is 24.3 Å². The zero-order valence-electron chi connectivity index (χ0n) is 11.9. The minimum absolute atomic E-state index is 0.153. The normalized spacial score (nSPS) is 12.6. The van der Waals surface area contributed by atoms with Gasteiger partial charge >= 0.3 is 0 Å². The van der Waals surface area contributed by atoms with E-state index in [4.69, 9.17) is 17.4 Å². The smallest absolute Gasteiger partial charge is 0.0738 e. The van der Waals surface area contributed by atoms with Gasteiger partial charge in [0, 0.05) is 35.2 Å². The van der Waals surface area contributed by atoms with Crippen molar-refractivity contribution in [3.05, 3.63) is 45.1 Å². The highest BCUT2D eigenvalue weighted by atomic mass is 79.9. The van der Waals surface area contributed by atoms with Gasteiger partial charge in [-0.15, -0.1) is 11.8 Å². The van der Waals surface area contributed by atoms with Crippen LogP contribution in [0.25, 0.3) is 0 Å². The Labute approximate surface area is 142 Å². The Balaban J connectivity index is 2.00. The molecule has 0 saturated heterocycles. The average Bonchev–Trinajstić information content (AvgIpc) is 2.69. The van der Waals surface area contributed by atoms with Gasteiger partial charge in [-0.1, -0.05) is 17.7 Å². The molecule has 0 aliphatic rings. The van der Waals surface area contributed by atoms with Gasteiger partial charge in [0.25, 0.3) is 0 Å². The molecule has 0 aliphatic carbocycles. The van der Waals surface area contributed by atoms with Gasteiger partial charge in [0.1, 0.15) is 0 Å². The average molecular weight is 390 g/mol. The van der Waals surface area contributed by atoms with E-state index in [0.29, 0.717) is 0 Å². The molecule has 1 heterocycles. The summed E-state index contributed by atoms with van der Waals surface area (Å²) in [7, 11) is 1.95. The summed E-state index contributed by atoms with van der Waals surface area (Å²) in [5.41, 5.74) is 5.02. The number of rotatable bonds is 6. The second kappa shape index (κ2) is 7.65. The van der Waals surface area contributed by atoms with Crippen LogP contribution in [0.3, 0.4) is 0 Å². The van der Waals surface area contributed by atoms with Crippen LogP contribution in [0, 0.1) is 6.92 Å². The second-order valence-corrected chi connectivity index (χ2v) is 7.13. The van der Waals surface area contributed by atoms with E-state index in [-0.39, 0.29) is 6.04 Å². The number of nitrogens with two attached hydrogens (primary N) is 1. The van der Waals surface area contributed by atoms with Crippen LogP contribution in [0.5, 0.6) is 0 Å². The Morgan fingerprint density at radius 2 is 2.29 bits per heavy atom. The van der Waals surface area contributed by atoms with Crippen LogP contribution in [0.4, 0.5) is 0 Å². The monoisotopic (exact) mass is 388 g/mol. The molecule has 1 unspecified atom stereocenters. The molecule has 0 aliphatic heterocycles. The van der Waals surface area contributed by atoms with Crippen molar-refractivity contribution in [2.75, 3.05) is 5.75 Å². The lowest BCUT2D eigenvalue weighted by molar-refractivity contribution is 0.550. The molecule has 0 saturated carbocycles. The molecule has 1 aromatic carbocycles. The Kier molecular flexibility index (Phi) is 6.13. The highest BCUT2D eigenvalue weighted by molar-refractivity contribution is 9.10. The topological polar surface area (TPSA) is 55.9 Å². The van der Waals surface area contributed by atoms with Gasteiger partial charge in [-0.05, 0) is 41.1 Å². The molecule has 114 valence electrons. The predicted molar refractivity (Wildman–Crippen MR) is 92.6 cm³/mol. The first-order chi connectivity index (χ1) is 10.0. The number of nitrogens with zero attached hydrogens (tertiary/aromatic N) is 2. The van der Waals surface area contributed by atoms with Crippen LogP contribution in [0.2, 0.25) is 5.02 Å². The van der Waals surface area contributed by atoms with E-state index in [9.17, 15) is 0 Å². The fourth-order valence-corrected chi connectivity index (χ4v) is 3.80. The molecule has 0 spiro atoms. The summed E-state index contributed by atoms with van der Waals surface area (Å²) in [4.78, 5) is 1.14. The molecule has 1 aromatic heterocycles. The van der Waals surface area contributed by atoms with E-state index in [0.717, 1.165) is 38.0 Å². The summed E-state index contributed by atoms with van der Waals surface area (Å²) < 4.78 is 2.95. The molecule has 0 amide bonds. The first-order valence-electron chi connectivity index (χ1n) is 6.53. The maximum Gasteiger partial charge on any atom is 0.0738 e. The van der Waals surface area contributed by atoms with Crippen molar-refractivity contribution in [3.8, 4) is 0 Å². The third-order valence-corrected chi connectivity index (χ3v) is 5.61. The zero-order chi connectivity index (χ0) is 15.4. The molecule has 0 fully saturated rings. The number of halogens is 2. The van der Waals surface area contributed by atoms with E-state index in [1.807, 2.05) is 42.9 Å². The maximum absolute atomic E-state index is 6.00. The largest absolute Gasteiger partial charge is 0.271 e. The van der Waals surface area contributed by atoms with Gasteiger partial charge in [-0.2, -0.15) is 5.10 Å². The number of hydrazine groups is 1. The van der Waals surface area contributed by atoms with Crippen LogP contribution >= 0.6 is 39.3 Å². The van der Waals surface area contributed by atoms with Crippen LogP contribution in [0.1, 0.15) is 11.4 Å². The Morgan fingerprint density at radius 1 is 1.52 bits per heavy atom. The third-order valence-electron chi connectivity index (χ3n) is 3.18. The second-order valence-electron chi connectivity index (χ2n) is 4.81. The number of thioether (sulfide) groups is 1. The fraction of sp³-hybridized carbons (Fsp3) is 0.357. The van der Waals surface area contributed by atoms with Gasteiger partial charge in [0.15, 0.2) is 0 Å². The van der Waals surface area contributed by atoms with Crippen molar-refractivity contribution >= 4 is 39.3 Å². The summed E-state index contributed by atoms with van der Waals surface area (Å²) in [6.07, 6.45) is 0.808. The lowest BCUT2D eigenvalue weighted by Crippen LogP contribution is -2.39. The number of nitrogens with one attached hydrogen (secondary N) is 1. The number of aromatic nitrogens is 2. The lowest BCUT2D eigenvalue weighted by Gasteiger charge is -2.16. The lowest BCUT2D eigenvalue weighted by atomic mass is 10.2. The van der Waals surface area contributed by atoms with Crippen molar-refractivity contribution in [2.24, 2.45) is 12.9 Å². The molecule has 0 radical (unpaired) electrons. The molecule has 3 N–H and O–H groups in total. The standard InChI is InChI=1S/C14H18BrClN4S/c1-9-14(15)13(20(2)19-9)7-11(18-17)8-21-12-5-3-4-10(16)6-12/h3-6,11,18H,7-8,17H2,1-2H3. The summed E-state index contributed by atoms with van der Waals surface area (Å²) in [5, 5.41) is 5.16. The Hall–Kier alpha value is -0.530. The quantitative estimate of drug-likeness (QED) is 0.452. The molecule has 21 heavy (non-hydrogen) atoms. The van der Waals surface area contributed by atoms with Crippen molar-refractivity contribution < 1.29 is 0 Å². The maximum atomic E-state index is 6.00. The highest BCUT2D eigenvalue weighted by Crippen LogP contribution is 2.25. The van der Waals surface area contributed by atoms with Crippen LogP contribution in [-0.4, -0.2) is 21.6 Å². The summed E-state index contributed by atoms with van der Waals surface area (Å²) in [6, 6.07) is 7.99. The van der Waals surface area contributed by atoms with Crippen LogP contribution < -0.4 is 11.3 Å². The molecule has 0 bridgehead atoms. The van der Waals surface area contributed by atoms with E-state index >= 15 is 0 Å². The molecule has 7 heteroatoms. The molecule has 2 aromatic rings. The summed E-state index contributed by atoms with van der Waals surface area (Å²) in [5.74, 6) is 6.54. The third kappa shape index (κ3) is 4.47. The first kappa shape index (κ1) is 16.8. The van der Waals surface area contributed by atoms with Gasteiger partial charge < -0.3 is 0 Å². The van der Waals surface area contributed by atoms with E-state index < -0.39 is 0 Å². The number of hydrogen-bond acceptors (Lipinski definition) is 4. The predicted octanol–water partition coefficient (Wildman–Crippen LogP) is 3.31. The van der Waals surface area contributed by atoms with Gasteiger partial charge in [0.2, 0.25) is 0 Å². The minimum Gasteiger partial charge on any atom is -0.271 e. The van der Waals surface area contributed by atoms with Gasteiger partial charge in [0.05, 0.1) is 15.9 Å². The molecular weight excluding hydrogens is 372 g/mol.